The lowest BCUT2D eigenvalue weighted by Gasteiger charge is -2.40. The summed E-state index contributed by atoms with van der Waals surface area (Å²) in [6.45, 7) is 8.51. The second-order valence-electron chi connectivity index (χ2n) is 7.18. The maximum atomic E-state index is 5.87. The predicted octanol–water partition coefficient (Wildman–Crippen LogP) is 3.38. The quantitative estimate of drug-likeness (QED) is 0.779. The number of hydrogen-bond donors (Lipinski definition) is 0. The van der Waals surface area contributed by atoms with E-state index in [4.69, 9.17) is 4.42 Å². The molecule has 2 aliphatic rings. The van der Waals surface area contributed by atoms with Crippen LogP contribution in [0.15, 0.2) is 4.42 Å². The molecule has 2 fully saturated rings. The largest absolute Gasteiger partial charge is 0.407 e. The molecule has 2 atom stereocenters. The predicted molar refractivity (Wildman–Crippen MR) is 75.3 cm³/mol. The zero-order chi connectivity index (χ0) is 13.5. The molecule has 2 heterocycles. The summed E-state index contributed by atoms with van der Waals surface area (Å²) >= 11 is 0. The highest BCUT2D eigenvalue weighted by Gasteiger charge is 2.33. The second-order valence-corrected chi connectivity index (χ2v) is 7.18. The molecule has 1 aromatic heterocycles. The van der Waals surface area contributed by atoms with E-state index in [1.807, 2.05) is 0 Å². The first-order chi connectivity index (χ1) is 9.04. The lowest BCUT2D eigenvalue weighted by atomic mass is 9.75. The average Bonchev–Trinajstić information content (AvgIpc) is 2.87. The second kappa shape index (κ2) is 4.80. The van der Waals surface area contributed by atoms with E-state index in [1.165, 1.54) is 32.1 Å². The van der Waals surface area contributed by atoms with Crippen LogP contribution in [-0.2, 0) is 5.41 Å². The molecule has 3 rings (SSSR count). The van der Waals surface area contributed by atoms with Crippen molar-refractivity contribution in [1.29, 1.82) is 0 Å². The lowest BCUT2D eigenvalue weighted by molar-refractivity contribution is 0.198. The lowest BCUT2D eigenvalue weighted by Crippen LogP contribution is -2.42. The number of aromatic nitrogens is 2. The number of fused-ring (bicyclic) bond motifs is 1. The van der Waals surface area contributed by atoms with Crippen molar-refractivity contribution in [3.8, 4) is 0 Å². The van der Waals surface area contributed by atoms with E-state index in [0.717, 1.165) is 36.8 Å². The molecule has 1 aliphatic heterocycles. The number of anilines is 1. The van der Waals surface area contributed by atoms with E-state index < -0.39 is 0 Å². The summed E-state index contributed by atoms with van der Waals surface area (Å²) in [4.78, 5) is 2.30. The van der Waals surface area contributed by atoms with Crippen LogP contribution in [0.3, 0.4) is 0 Å². The van der Waals surface area contributed by atoms with E-state index in [0.29, 0.717) is 0 Å². The summed E-state index contributed by atoms with van der Waals surface area (Å²) < 4.78 is 5.87. The molecule has 1 aliphatic carbocycles. The van der Waals surface area contributed by atoms with Crippen molar-refractivity contribution in [2.75, 3.05) is 18.0 Å². The number of nitrogens with zero attached hydrogens (tertiary/aromatic N) is 3. The Hall–Kier alpha value is -1.06. The molecule has 0 aromatic carbocycles. The van der Waals surface area contributed by atoms with Gasteiger partial charge in [-0.25, -0.2) is 0 Å². The van der Waals surface area contributed by atoms with Gasteiger partial charge in [-0.1, -0.05) is 45.1 Å². The van der Waals surface area contributed by atoms with Crippen molar-refractivity contribution in [2.24, 2.45) is 11.8 Å². The Labute approximate surface area is 115 Å². The van der Waals surface area contributed by atoms with Gasteiger partial charge >= 0.3 is 6.01 Å². The molecule has 1 saturated carbocycles. The topological polar surface area (TPSA) is 42.2 Å². The molecule has 4 nitrogen and oxygen atoms in total. The van der Waals surface area contributed by atoms with E-state index in [2.05, 4.69) is 35.9 Å². The Morgan fingerprint density at radius 3 is 2.47 bits per heavy atom. The molecule has 1 saturated heterocycles. The van der Waals surface area contributed by atoms with Crippen LogP contribution in [-0.4, -0.2) is 23.3 Å². The highest BCUT2D eigenvalue weighted by Crippen LogP contribution is 2.37. The third kappa shape index (κ3) is 2.63. The van der Waals surface area contributed by atoms with Gasteiger partial charge in [0.2, 0.25) is 5.89 Å². The van der Waals surface area contributed by atoms with Crippen LogP contribution in [0.4, 0.5) is 6.01 Å². The van der Waals surface area contributed by atoms with E-state index >= 15 is 0 Å². The Balaban J connectivity index is 1.71. The van der Waals surface area contributed by atoms with Crippen molar-refractivity contribution >= 4 is 6.01 Å². The van der Waals surface area contributed by atoms with Gasteiger partial charge in [0.05, 0.1) is 0 Å². The summed E-state index contributed by atoms with van der Waals surface area (Å²) in [5.74, 6) is 2.52. The Morgan fingerprint density at radius 2 is 1.79 bits per heavy atom. The van der Waals surface area contributed by atoms with Crippen LogP contribution in [0.5, 0.6) is 0 Å². The van der Waals surface area contributed by atoms with E-state index in [-0.39, 0.29) is 5.41 Å². The Morgan fingerprint density at radius 1 is 1.05 bits per heavy atom. The minimum atomic E-state index is -0.0611. The van der Waals surface area contributed by atoms with Gasteiger partial charge in [-0.3, -0.25) is 0 Å². The van der Waals surface area contributed by atoms with Crippen molar-refractivity contribution < 1.29 is 4.42 Å². The van der Waals surface area contributed by atoms with E-state index in [1.54, 1.807) is 0 Å². The van der Waals surface area contributed by atoms with Gasteiger partial charge in [0.1, 0.15) is 0 Å². The fourth-order valence-electron chi connectivity index (χ4n) is 3.42. The molecule has 0 unspecified atom stereocenters. The molecule has 0 spiro atoms. The van der Waals surface area contributed by atoms with Gasteiger partial charge in [0.25, 0.3) is 0 Å². The molecule has 1 aromatic rings. The molecular formula is C15H25N3O. The van der Waals surface area contributed by atoms with Gasteiger partial charge in [-0.05, 0) is 24.7 Å². The normalized spacial score (nSPS) is 28.3. The van der Waals surface area contributed by atoms with Crippen LogP contribution in [0, 0.1) is 11.8 Å². The van der Waals surface area contributed by atoms with Crippen molar-refractivity contribution in [2.45, 2.75) is 58.3 Å². The number of hydrogen-bond acceptors (Lipinski definition) is 4. The molecule has 19 heavy (non-hydrogen) atoms. The average molecular weight is 263 g/mol. The van der Waals surface area contributed by atoms with Crippen LogP contribution >= 0.6 is 0 Å². The van der Waals surface area contributed by atoms with Crippen LogP contribution in [0.2, 0.25) is 0 Å². The third-order valence-corrected chi connectivity index (χ3v) is 4.62. The highest BCUT2D eigenvalue weighted by atomic mass is 16.4. The van der Waals surface area contributed by atoms with Gasteiger partial charge in [0.15, 0.2) is 0 Å². The fourth-order valence-corrected chi connectivity index (χ4v) is 3.42. The molecular weight excluding hydrogens is 238 g/mol. The SMILES string of the molecule is CC(C)(C)c1nnc(N2CC[C@@H]3CCCC[C@H]3C2)o1. The summed E-state index contributed by atoms with van der Waals surface area (Å²) in [5.41, 5.74) is -0.0611. The minimum Gasteiger partial charge on any atom is -0.407 e. The first kappa shape index (κ1) is 12.9. The molecule has 0 N–H and O–H groups in total. The first-order valence-electron chi connectivity index (χ1n) is 7.63. The Kier molecular flexibility index (Phi) is 3.27. The summed E-state index contributed by atoms with van der Waals surface area (Å²) in [6.07, 6.45) is 6.91. The molecule has 106 valence electrons. The smallest absolute Gasteiger partial charge is 0.318 e. The van der Waals surface area contributed by atoms with Crippen LogP contribution in [0.25, 0.3) is 0 Å². The van der Waals surface area contributed by atoms with Crippen molar-refractivity contribution in [3.63, 3.8) is 0 Å². The number of rotatable bonds is 1. The molecule has 0 bridgehead atoms. The zero-order valence-electron chi connectivity index (χ0n) is 12.4. The maximum absolute atomic E-state index is 5.87. The third-order valence-electron chi connectivity index (χ3n) is 4.62. The standard InChI is InChI=1S/C15H25N3O/c1-15(2,3)13-16-17-14(19-13)18-9-8-11-6-4-5-7-12(11)10-18/h11-12H,4-10H2,1-3H3/t11-,12-/m0/s1. The van der Waals surface area contributed by atoms with Gasteiger partial charge in [-0.2, -0.15) is 0 Å². The summed E-state index contributed by atoms with van der Waals surface area (Å²) in [7, 11) is 0. The van der Waals surface area contributed by atoms with Gasteiger partial charge in [-0.15, -0.1) is 5.10 Å². The maximum Gasteiger partial charge on any atom is 0.318 e. The Bertz CT molecular complexity index is 435. The van der Waals surface area contributed by atoms with Gasteiger partial charge in [0, 0.05) is 18.5 Å². The monoisotopic (exact) mass is 263 g/mol. The summed E-state index contributed by atoms with van der Waals surface area (Å²) in [6, 6.07) is 0.731. The summed E-state index contributed by atoms with van der Waals surface area (Å²) in [5, 5.41) is 8.46. The molecule has 4 heteroatoms. The van der Waals surface area contributed by atoms with Crippen LogP contribution < -0.4 is 4.90 Å². The van der Waals surface area contributed by atoms with Crippen LogP contribution in [0.1, 0.15) is 58.8 Å². The zero-order valence-corrected chi connectivity index (χ0v) is 12.4. The highest BCUT2D eigenvalue weighted by molar-refractivity contribution is 5.26. The molecule has 0 amide bonds. The minimum absolute atomic E-state index is 0.0611. The van der Waals surface area contributed by atoms with E-state index in [9.17, 15) is 0 Å². The van der Waals surface area contributed by atoms with Crippen molar-refractivity contribution in [3.05, 3.63) is 5.89 Å². The molecule has 0 radical (unpaired) electrons. The fraction of sp³-hybridized carbons (Fsp3) is 0.867. The number of piperidine rings is 1. The van der Waals surface area contributed by atoms with Crippen molar-refractivity contribution in [1.82, 2.24) is 10.2 Å². The van der Waals surface area contributed by atoms with Gasteiger partial charge < -0.3 is 9.32 Å². The first-order valence-corrected chi connectivity index (χ1v) is 7.63.